The van der Waals surface area contributed by atoms with Gasteiger partial charge in [-0.25, -0.2) is 9.67 Å². The Labute approximate surface area is 106 Å². The van der Waals surface area contributed by atoms with Gasteiger partial charge in [0.1, 0.15) is 5.52 Å². The number of oxazole rings is 1. The molecule has 0 radical (unpaired) electrons. The van der Waals surface area contributed by atoms with Gasteiger partial charge in [0, 0.05) is 18.8 Å². The highest BCUT2D eigenvalue weighted by atomic mass is 32.2. The molecule has 3 rings (SSSR count). The highest BCUT2D eigenvalue weighted by molar-refractivity contribution is 7.98. The fourth-order valence-electron chi connectivity index (χ4n) is 1.52. The summed E-state index contributed by atoms with van der Waals surface area (Å²) >= 11 is 1.47. The molecule has 7 nitrogen and oxygen atoms in total. The number of aromatic nitrogens is 5. The van der Waals surface area contributed by atoms with Gasteiger partial charge in [0.2, 0.25) is 11.0 Å². The first-order chi connectivity index (χ1) is 8.72. The van der Waals surface area contributed by atoms with Gasteiger partial charge in [-0.2, -0.15) is 0 Å². The lowest BCUT2D eigenvalue weighted by molar-refractivity contribution is 0.555. The van der Waals surface area contributed by atoms with Gasteiger partial charge >= 0.3 is 0 Å². The van der Waals surface area contributed by atoms with Crippen LogP contribution >= 0.6 is 11.8 Å². The van der Waals surface area contributed by atoms with Gasteiger partial charge in [0.25, 0.3) is 0 Å². The van der Waals surface area contributed by atoms with E-state index in [9.17, 15) is 0 Å². The topological polar surface area (TPSA) is 95.7 Å². The predicted octanol–water partition coefficient (Wildman–Crippen LogP) is 1.23. The Kier molecular flexibility index (Phi) is 2.63. The van der Waals surface area contributed by atoms with E-state index in [4.69, 9.17) is 10.2 Å². The van der Waals surface area contributed by atoms with Gasteiger partial charge in [-0.05, 0) is 22.6 Å². The molecular weight excluding hydrogens is 252 g/mol. The second-order valence-electron chi connectivity index (χ2n) is 3.71. The maximum Gasteiger partial charge on any atom is 0.209 e. The van der Waals surface area contributed by atoms with Gasteiger partial charge in [-0.15, -0.1) is 5.10 Å². The summed E-state index contributed by atoms with van der Waals surface area (Å²) < 4.78 is 7.20. The van der Waals surface area contributed by atoms with E-state index in [0.29, 0.717) is 22.9 Å². The van der Waals surface area contributed by atoms with Crippen LogP contribution in [-0.2, 0) is 12.8 Å². The van der Waals surface area contributed by atoms with Crippen molar-refractivity contribution in [3.8, 4) is 0 Å². The molecule has 2 N–H and O–H groups in total. The van der Waals surface area contributed by atoms with Crippen molar-refractivity contribution in [2.45, 2.75) is 10.9 Å². The number of benzene rings is 1. The van der Waals surface area contributed by atoms with Crippen LogP contribution in [0.1, 0.15) is 5.89 Å². The maximum absolute atomic E-state index is 5.68. The van der Waals surface area contributed by atoms with E-state index in [-0.39, 0.29) is 0 Å². The average molecular weight is 262 g/mol. The third-order valence-corrected chi connectivity index (χ3v) is 3.36. The van der Waals surface area contributed by atoms with E-state index in [0.717, 1.165) is 10.7 Å². The summed E-state index contributed by atoms with van der Waals surface area (Å²) in [5.74, 6) is 1.20. The van der Waals surface area contributed by atoms with Gasteiger partial charge in [0.15, 0.2) is 5.58 Å². The number of fused-ring (bicyclic) bond motifs is 1. The molecular formula is C10H10N6OS. The van der Waals surface area contributed by atoms with Crippen LogP contribution in [0.2, 0.25) is 0 Å². The molecule has 3 aromatic rings. The number of thioether (sulfide) groups is 1. The number of tetrazole rings is 1. The Bertz CT molecular complexity index is 691. The molecule has 18 heavy (non-hydrogen) atoms. The fraction of sp³-hybridized carbons (Fsp3) is 0.200. The Morgan fingerprint density at radius 1 is 1.44 bits per heavy atom. The largest absolute Gasteiger partial charge is 0.440 e. The molecule has 0 saturated carbocycles. The smallest absolute Gasteiger partial charge is 0.209 e. The molecule has 8 heteroatoms. The van der Waals surface area contributed by atoms with Crippen molar-refractivity contribution in [1.29, 1.82) is 0 Å². The second kappa shape index (κ2) is 4.30. The van der Waals surface area contributed by atoms with Crippen molar-refractivity contribution in [3.05, 3.63) is 24.1 Å². The number of nitrogen functional groups attached to an aromatic ring is 1. The zero-order valence-corrected chi connectivity index (χ0v) is 10.4. The Balaban J connectivity index is 1.81. The molecule has 0 fully saturated rings. The van der Waals surface area contributed by atoms with E-state index in [1.807, 2.05) is 6.07 Å². The van der Waals surface area contributed by atoms with Gasteiger partial charge < -0.3 is 10.2 Å². The molecule has 0 saturated heterocycles. The van der Waals surface area contributed by atoms with Gasteiger partial charge in [-0.1, -0.05) is 11.8 Å². The van der Waals surface area contributed by atoms with Crippen LogP contribution in [0.4, 0.5) is 5.69 Å². The lowest BCUT2D eigenvalue weighted by Gasteiger charge is -1.94. The molecule has 0 unspecified atom stereocenters. The van der Waals surface area contributed by atoms with E-state index in [1.165, 1.54) is 11.8 Å². The van der Waals surface area contributed by atoms with Crippen LogP contribution < -0.4 is 5.73 Å². The maximum atomic E-state index is 5.68. The zero-order chi connectivity index (χ0) is 12.5. The van der Waals surface area contributed by atoms with E-state index in [1.54, 1.807) is 23.9 Å². The summed E-state index contributed by atoms with van der Waals surface area (Å²) in [6.45, 7) is 0. The third-order valence-electron chi connectivity index (χ3n) is 2.36. The van der Waals surface area contributed by atoms with Gasteiger partial charge in [0.05, 0.1) is 5.75 Å². The number of aryl methyl sites for hydroxylation is 1. The van der Waals surface area contributed by atoms with Crippen molar-refractivity contribution in [2.75, 3.05) is 5.73 Å². The highest BCUT2D eigenvalue weighted by Crippen LogP contribution is 2.23. The van der Waals surface area contributed by atoms with E-state index < -0.39 is 0 Å². The highest BCUT2D eigenvalue weighted by Gasteiger charge is 2.09. The van der Waals surface area contributed by atoms with Crippen LogP contribution in [0.15, 0.2) is 27.8 Å². The van der Waals surface area contributed by atoms with Crippen molar-refractivity contribution in [1.82, 2.24) is 25.2 Å². The minimum Gasteiger partial charge on any atom is -0.440 e. The predicted molar refractivity (Wildman–Crippen MR) is 66.8 cm³/mol. The molecule has 0 spiro atoms. The van der Waals surface area contributed by atoms with Crippen LogP contribution in [0.5, 0.6) is 0 Å². The third kappa shape index (κ3) is 2.02. The second-order valence-corrected chi connectivity index (χ2v) is 4.65. The normalized spacial score (nSPS) is 11.2. The van der Waals surface area contributed by atoms with Crippen molar-refractivity contribution in [2.24, 2.45) is 7.05 Å². The number of anilines is 1. The molecule has 0 amide bonds. The molecule has 0 bridgehead atoms. The minimum atomic E-state index is 0.572. The first kappa shape index (κ1) is 11.0. The van der Waals surface area contributed by atoms with Crippen LogP contribution in [0.25, 0.3) is 11.1 Å². The quantitative estimate of drug-likeness (QED) is 0.560. The molecule has 0 aliphatic heterocycles. The number of rotatable bonds is 3. The monoisotopic (exact) mass is 262 g/mol. The lowest BCUT2D eigenvalue weighted by Crippen LogP contribution is -1.93. The lowest BCUT2D eigenvalue weighted by atomic mass is 10.3. The summed E-state index contributed by atoms with van der Waals surface area (Å²) in [6.07, 6.45) is 0. The first-order valence-electron chi connectivity index (χ1n) is 5.22. The number of hydrogen-bond donors (Lipinski definition) is 1. The summed E-state index contributed by atoms with van der Waals surface area (Å²) in [7, 11) is 1.79. The summed E-state index contributed by atoms with van der Waals surface area (Å²) in [5, 5.41) is 11.9. The summed E-state index contributed by atoms with van der Waals surface area (Å²) in [4.78, 5) is 4.36. The number of nitrogens with two attached hydrogens (primary N) is 1. The van der Waals surface area contributed by atoms with Crippen LogP contribution in [0.3, 0.4) is 0 Å². The summed E-state index contributed by atoms with van der Waals surface area (Å²) in [5.41, 5.74) is 7.84. The molecule has 0 atom stereocenters. The summed E-state index contributed by atoms with van der Waals surface area (Å²) in [6, 6.07) is 5.40. The first-order valence-corrected chi connectivity index (χ1v) is 6.21. The average Bonchev–Trinajstić information content (AvgIpc) is 2.92. The van der Waals surface area contributed by atoms with E-state index in [2.05, 4.69) is 20.5 Å². The van der Waals surface area contributed by atoms with Crippen molar-refractivity contribution >= 4 is 28.5 Å². The molecule has 1 aromatic carbocycles. The molecule has 92 valence electrons. The minimum absolute atomic E-state index is 0.572. The molecule has 0 aliphatic carbocycles. The SMILES string of the molecule is Cn1nnnc1SCc1nc2ccc(N)cc2o1. The molecule has 2 aromatic heterocycles. The Morgan fingerprint density at radius 3 is 3.11 bits per heavy atom. The van der Waals surface area contributed by atoms with E-state index >= 15 is 0 Å². The zero-order valence-electron chi connectivity index (χ0n) is 9.57. The van der Waals surface area contributed by atoms with Crippen molar-refractivity contribution in [3.63, 3.8) is 0 Å². The fourth-order valence-corrected chi connectivity index (χ4v) is 2.21. The molecule has 0 aliphatic rings. The number of hydrogen-bond acceptors (Lipinski definition) is 7. The van der Waals surface area contributed by atoms with Crippen molar-refractivity contribution < 1.29 is 4.42 Å². The standard InChI is InChI=1S/C10H10N6OS/c1-16-10(13-14-15-16)18-5-9-12-7-3-2-6(11)4-8(7)17-9/h2-4H,5,11H2,1H3. The van der Waals surface area contributed by atoms with Gasteiger partial charge in [-0.3, -0.25) is 0 Å². The Morgan fingerprint density at radius 2 is 2.33 bits per heavy atom. The number of nitrogens with zero attached hydrogens (tertiary/aromatic N) is 5. The van der Waals surface area contributed by atoms with Crippen LogP contribution in [0, 0.1) is 0 Å². The van der Waals surface area contributed by atoms with Crippen LogP contribution in [-0.4, -0.2) is 25.2 Å². The Hall–Kier alpha value is -2.09. The molecule has 2 heterocycles.